The van der Waals surface area contributed by atoms with Crippen LogP contribution in [-0.2, 0) is 7.05 Å². The van der Waals surface area contributed by atoms with Crippen LogP contribution in [0.15, 0.2) is 30.7 Å². The molecule has 1 aromatic carbocycles. The van der Waals surface area contributed by atoms with Crippen LogP contribution in [0.1, 0.15) is 18.7 Å². The third-order valence-corrected chi connectivity index (χ3v) is 4.09. The Kier molecular flexibility index (Phi) is 4.34. The molecule has 0 saturated heterocycles. The van der Waals surface area contributed by atoms with Gasteiger partial charge in [0.1, 0.15) is 17.9 Å². The van der Waals surface area contributed by atoms with E-state index in [0.29, 0.717) is 11.6 Å². The van der Waals surface area contributed by atoms with E-state index >= 15 is 0 Å². The van der Waals surface area contributed by atoms with Gasteiger partial charge in [-0.05, 0) is 18.2 Å². The summed E-state index contributed by atoms with van der Waals surface area (Å²) in [6, 6.07) is 5.74. The number of halogens is 1. The molecule has 1 atom stereocenters. The number of ether oxygens (including phenoxy) is 1. The smallest absolute Gasteiger partial charge is 0.137 e. The van der Waals surface area contributed by atoms with Crippen LogP contribution in [0.3, 0.4) is 0 Å². The summed E-state index contributed by atoms with van der Waals surface area (Å²) >= 11 is 6.34. The van der Waals surface area contributed by atoms with E-state index < -0.39 is 0 Å². The molecule has 2 aromatic heterocycles. The van der Waals surface area contributed by atoms with Gasteiger partial charge >= 0.3 is 0 Å². The van der Waals surface area contributed by atoms with Gasteiger partial charge in [-0.2, -0.15) is 0 Å². The molecule has 3 aromatic rings. The molecule has 0 bridgehead atoms. The van der Waals surface area contributed by atoms with Crippen molar-refractivity contribution in [1.29, 1.82) is 0 Å². The van der Waals surface area contributed by atoms with E-state index in [4.69, 9.17) is 16.3 Å². The number of benzene rings is 1. The molecule has 0 fully saturated rings. The van der Waals surface area contributed by atoms with Crippen molar-refractivity contribution in [3.8, 4) is 5.75 Å². The summed E-state index contributed by atoms with van der Waals surface area (Å²) in [4.78, 5) is 4.35. The van der Waals surface area contributed by atoms with Crippen LogP contribution in [0.5, 0.6) is 5.75 Å². The number of anilines is 1. The highest BCUT2D eigenvalue weighted by Crippen LogP contribution is 2.32. The molecule has 23 heavy (non-hydrogen) atoms. The molecule has 1 unspecified atom stereocenters. The number of rotatable bonds is 5. The van der Waals surface area contributed by atoms with Crippen molar-refractivity contribution in [1.82, 2.24) is 19.7 Å². The lowest BCUT2D eigenvalue weighted by atomic mass is 10.1. The normalized spacial score (nSPS) is 12.3. The molecule has 2 heterocycles. The molecular formula is C16H18ClN5O. The van der Waals surface area contributed by atoms with E-state index in [-0.39, 0.29) is 5.92 Å². The van der Waals surface area contributed by atoms with E-state index in [1.165, 1.54) is 0 Å². The standard InChI is InChI=1S/C16H18ClN5O/c1-10(16-21-20-9-22(16)2)7-19-15-12-6-11(23-3)4-5-14(12)18-8-13(15)17/h4-6,8-10H,7H2,1-3H3,(H,18,19). The van der Waals surface area contributed by atoms with Crippen LogP contribution in [-0.4, -0.2) is 33.4 Å². The summed E-state index contributed by atoms with van der Waals surface area (Å²) in [6.07, 6.45) is 3.36. The maximum Gasteiger partial charge on any atom is 0.137 e. The average Bonchev–Trinajstić information content (AvgIpc) is 2.99. The number of aromatic nitrogens is 4. The van der Waals surface area contributed by atoms with Crippen molar-refractivity contribution in [2.45, 2.75) is 12.8 Å². The van der Waals surface area contributed by atoms with Crippen molar-refractivity contribution in [2.24, 2.45) is 7.05 Å². The van der Waals surface area contributed by atoms with Crippen LogP contribution >= 0.6 is 11.6 Å². The molecule has 120 valence electrons. The van der Waals surface area contributed by atoms with Crippen molar-refractivity contribution in [3.05, 3.63) is 41.6 Å². The van der Waals surface area contributed by atoms with Gasteiger partial charge in [-0.25, -0.2) is 0 Å². The third kappa shape index (κ3) is 3.07. The largest absolute Gasteiger partial charge is 0.497 e. The second-order valence-corrected chi connectivity index (χ2v) is 5.85. The Morgan fingerprint density at radius 1 is 1.39 bits per heavy atom. The number of fused-ring (bicyclic) bond motifs is 1. The molecule has 7 heteroatoms. The van der Waals surface area contributed by atoms with E-state index in [9.17, 15) is 0 Å². The molecule has 3 rings (SSSR count). The SMILES string of the molecule is COc1ccc2ncc(Cl)c(NCC(C)c3nncn3C)c2c1. The number of pyridine rings is 1. The predicted octanol–water partition coefficient (Wildman–Crippen LogP) is 3.24. The van der Waals surface area contributed by atoms with Gasteiger partial charge in [0.2, 0.25) is 0 Å². The highest BCUT2D eigenvalue weighted by atomic mass is 35.5. The molecule has 1 N–H and O–H groups in total. The Bertz CT molecular complexity index is 832. The van der Waals surface area contributed by atoms with Crippen molar-refractivity contribution < 1.29 is 4.74 Å². The first kappa shape index (κ1) is 15.6. The topological polar surface area (TPSA) is 64.9 Å². The predicted molar refractivity (Wildman–Crippen MR) is 91.2 cm³/mol. The van der Waals surface area contributed by atoms with E-state index in [0.717, 1.165) is 28.2 Å². The summed E-state index contributed by atoms with van der Waals surface area (Å²) in [7, 11) is 3.58. The number of nitrogens with one attached hydrogen (secondary N) is 1. The Hall–Kier alpha value is -2.34. The first-order chi connectivity index (χ1) is 11.1. The number of methoxy groups -OCH3 is 1. The minimum atomic E-state index is 0.187. The van der Waals surface area contributed by atoms with Crippen LogP contribution in [0.25, 0.3) is 10.9 Å². The molecule has 0 aliphatic rings. The fourth-order valence-electron chi connectivity index (χ4n) is 2.54. The summed E-state index contributed by atoms with van der Waals surface area (Å²) in [5.74, 6) is 1.88. The summed E-state index contributed by atoms with van der Waals surface area (Å²) in [6.45, 7) is 2.78. The zero-order valence-electron chi connectivity index (χ0n) is 13.2. The van der Waals surface area contributed by atoms with Crippen LogP contribution in [0.2, 0.25) is 5.02 Å². The van der Waals surface area contributed by atoms with Gasteiger partial charge in [-0.15, -0.1) is 10.2 Å². The van der Waals surface area contributed by atoms with Gasteiger partial charge in [0.05, 0.1) is 23.3 Å². The van der Waals surface area contributed by atoms with Crippen LogP contribution in [0, 0.1) is 0 Å². The van der Waals surface area contributed by atoms with Gasteiger partial charge in [-0.3, -0.25) is 4.98 Å². The maximum absolute atomic E-state index is 6.34. The lowest BCUT2D eigenvalue weighted by Crippen LogP contribution is -2.14. The number of hydrogen-bond donors (Lipinski definition) is 1. The zero-order chi connectivity index (χ0) is 16.4. The Balaban J connectivity index is 1.90. The highest BCUT2D eigenvalue weighted by Gasteiger charge is 2.14. The van der Waals surface area contributed by atoms with Gasteiger partial charge < -0.3 is 14.6 Å². The lowest BCUT2D eigenvalue weighted by Gasteiger charge is -2.16. The van der Waals surface area contributed by atoms with Crippen molar-refractivity contribution in [3.63, 3.8) is 0 Å². The van der Waals surface area contributed by atoms with Crippen LogP contribution in [0.4, 0.5) is 5.69 Å². The molecule has 0 aliphatic carbocycles. The number of nitrogens with zero attached hydrogens (tertiary/aromatic N) is 4. The van der Waals surface area contributed by atoms with Gasteiger partial charge in [-0.1, -0.05) is 18.5 Å². The van der Waals surface area contributed by atoms with Gasteiger partial charge in [0.25, 0.3) is 0 Å². The maximum atomic E-state index is 6.34. The van der Waals surface area contributed by atoms with E-state index in [1.54, 1.807) is 19.6 Å². The van der Waals surface area contributed by atoms with E-state index in [1.807, 2.05) is 29.8 Å². The molecule has 6 nitrogen and oxygen atoms in total. The van der Waals surface area contributed by atoms with Crippen LogP contribution < -0.4 is 10.1 Å². The second kappa shape index (κ2) is 6.42. The van der Waals surface area contributed by atoms with E-state index in [2.05, 4.69) is 27.4 Å². The number of aryl methyl sites for hydroxylation is 1. The van der Waals surface area contributed by atoms with Gasteiger partial charge in [0, 0.05) is 31.1 Å². The highest BCUT2D eigenvalue weighted by molar-refractivity contribution is 6.34. The molecule has 0 saturated carbocycles. The molecule has 0 aliphatic heterocycles. The molecule has 0 spiro atoms. The lowest BCUT2D eigenvalue weighted by molar-refractivity contribution is 0.415. The summed E-state index contributed by atoms with van der Waals surface area (Å²) in [5.41, 5.74) is 1.72. The van der Waals surface area contributed by atoms with Crippen molar-refractivity contribution in [2.75, 3.05) is 19.0 Å². The Morgan fingerprint density at radius 3 is 2.91 bits per heavy atom. The Morgan fingerprint density at radius 2 is 2.22 bits per heavy atom. The zero-order valence-corrected chi connectivity index (χ0v) is 14.0. The van der Waals surface area contributed by atoms with Gasteiger partial charge in [0.15, 0.2) is 0 Å². The molecule has 0 radical (unpaired) electrons. The quantitative estimate of drug-likeness (QED) is 0.777. The monoisotopic (exact) mass is 331 g/mol. The Labute approximate surface area is 139 Å². The average molecular weight is 332 g/mol. The first-order valence-electron chi connectivity index (χ1n) is 7.30. The molecular weight excluding hydrogens is 314 g/mol. The minimum absolute atomic E-state index is 0.187. The first-order valence-corrected chi connectivity index (χ1v) is 7.68. The fraction of sp³-hybridized carbons (Fsp3) is 0.312. The minimum Gasteiger partial charge on any atom is -0.497 e. The summed E-state index contributed by atoms with van der Waals surface area (Å²) in [5, 5.41) is 13.0. The summed E-state index contributed by atoms with van der Waals surface area (Å²) < 4.78 is 7.22. The molecule has 0 amide bonds. The third-order valence-electron chi connectivity index (χ3n) is 3.80. The second-order valence-electron chi connectivity index (χ2n) is 5.45. The van der Waals surface area contributed by atoms with Crippen molar-refractivity contribution >= 4 is 28.2 Å². The fourth-order valence-corrected chi connectivity index (χ4v) is 2.76. The number of hydrogen-bond acceptors (Lipinski definition) is 5.